The average molecular weight is 489 g/mol. The highest BCUT2D eigenvalue weighted by Gasteiger charge is 2.35. The zero-order chi connectivity index (χ0) is 24.9. The number of hydrogen-bond donors (Lipinski definition) is 0. The topological polar surface area (TPSA) is 51.2 Å². The fourth-order valence-corrected chi connectivity index (χ4v) is 5.50. The number of methoxy groups -OCH3 is 3. The van der Waals surface area contributed by atoms with Crippen LogP contribution in [0.3, 0.4) is 0 Å². The Bertz CT molecular complexity index is 1030. The molecule has 0 bridgehead atoms. The fourth-order valence-electron chi connectivity index (χ4n) is 5.50. The van der Waals surface area contributed by atoms with E-state index in [0.29, 0.717) is 19.4 Å². The van der Waals surface area contributed by atoms with Crippen LogP contribution in [0.15, 0.2) is 30.3 Å². The third kappa shape index (κ3) is 5.76. The second kappa shape index (κ2) is 11.4. The third-order valence-corrected chi connectivity index (χ3v) is 7.38. The van der Waals surface area contributed by atoms with Gasteiger partial charge in [0.05, 0.1) is 21.3 Å². The molecule has 2 aliphatic rings. The Kier molecular flexibility index (Phi) is 8.23. The van der Waals surface area contributed by atoms with Crippen molar-refractivity contribution in [3.05, 3.63) is 58.7 Å². The van der Waals surface area contributed by atoms with E-state index in [2.05, 4.69) is 21.9 Å². The molecule has 2 heterocycles. The van der Waals surface area contributed by atoms with Gasteiger partial charge < -0.3 is 14.2 Å². The quantitative estimate of drug-likeness (QED) is 0.520. The molecule has 0 unspecified atom stereocenters. The lowest BCUT2D eigenvalue weighted by molar-refractivity contribution is -0.141. The maximum absolute atomic E-state index is 14.3. The normalized spacial score (nSPS) is 20.8. The summed E-state index contributed by atoms with van der Waals surface area (Å²) < 4.78 is 44.4. The lowest BCUT2D eigenvalue weighted by Crippen LogP contribution is -2.52. The highest BCUT2D eigenvalue weighted by Crippen LogP contribution is 2.36. The van der Waals surface area contributed by atoms with Crippen LogP contribution in [0.1, 0.15) is 36.0 Å². The predicted molar refractivity (Wildman–Crippen MR) is 128 cm³/mol. The van der Waals surface area contributed by atoms with Crippen LogP contribution in [0.5, 0.6) is 11.5 Å². The van der Waals surface area contributed by atoms with E-state index in [4.69, 9.17) is 14.2 Å². The molecule has 8 heteroatoms. The lowest BCUT2D eigenvalue weighted by atomic mass is 9.85. The van der Waals surface area contributed by atoms with Crippen LogP contribution in [0, 0.1) is 17.6 Å². The van der Waals surface area contributed by atoms with E-state index < -0.39 is 11.6 Å². The van der Waals surface area contributed by atoms with Gasteiger partial charge in [0.1, 0.15) is 11.6 Å². The second-order valence-corrected chi connectivity index (χ2v) is 9.36. The van der Waals surface area contributed by atoms with Gasteiger partial charge in [0, 0.05) is 50.7 Å². The van der Waals surface area contributed by atoms with Crippen LogP contribution >= 0.6 is 0 Å². The second-order valence-electron chi connectivity index (χ2n) is 9.36. The summed E-state index contributed by atoms with van der Waals surface area (Å²) in [5, 5.41) is 0. The zero-order valence-corrected chi connectivity index (χ0v) is 20.7. The monoisotopic (exact) mass is 488 g/mol. The van der Waals surface area contributed by atoms with E-state index in [9.17, 15) is 13.6 Å². The van der Waals surface area contributed by atoms with E-state index in [1.165, 1.54) is 36.4 Å². The molecule has 6 nitrogen and oxygen atoms in total. The molecule has 0 amide bonds. The van der Waals surface area contributed by atoms with Gasteiger partial charge in [0.15, 0.2) is 11.5 Å². The van der Waals surface area contributed by atoms with Gasteiger partial charge in [0.25, 0.3) is 0 Å². The Morgan fingerprint density at radius 3 is 2.37 bits per heavy atom. The molecule has 35 heavy (non-hydrogen) atoms. The van der Waals surface area contributed by atoms with Crippen molar-refractivity contribution in [1.82, 2.24) is 9.80 Å². The molecule has 0 saturated carbocycles. The SMILES string of the molecule is COC(=O)CC[C@H]1CN(Cc2c(F)cccc2F)CC[C@H]1N1CCc2cc(OC)c(OC)cc2C1. The van der Waals surface area contributed by atoms with E-state index >= 15 is 0 Å². The number of halogens is 2. The van der Waals surface area contributed by atoms with Gasteiger partial charge >= 0.3 is 5.97 Å². The summed E-state index contributed by atoms with van der Waals surface area (Å²) >= 11 is 0. The number of fused-ring (bicyclic) bond motifs is 1. The van der Waals surface area contributed by atoms with Crippen LogP contribution in [-0.4, -0.2) is 62.8 Å². The molecule has 1 fully saturated rings. The van der Waals surface area contributed by atoms with Crippen molar-refractivity contribution in [2.75, 3.05) is 41.0 Å². The van der Waals surface area contributed by atoms with E-state index in [1.54, 1.807) is 14.2 Å². The molecule has 0 aliphatic carbocycles. The van der Waals surface area contributed by atoms with Gasteiger partial charge in [0.2, 0.25) is 0 Å². The van der Waals surface area contributed by atoms with Crippen LogP contribution in [0.4, 0.5) is 8.78 Å². The average Bonchev–Trinajstić information content (AvgIpc) is 2.88. The van der Waals surface area contributed by atoms with Gasteiger partial charge in [-0.1, -0.05) is 6.07 Å². The molecule has 0 radical (unpaired) electrons. The zero-order valence-electron chi connectivity index (χ0n) is 20.7. The van der Waals surface area contributed by atoms with Gasteiger partial charge in [-0.3, -0.25) is 14.6 Å². The van der Waals surface area contributed by atoms with Crippen LogP contribution in [0.25, 0.3) is 0 Å². The van der Waals surface area contributed by atoms with E-state index in [-0.39, 0.29) is 30.0 Å². The molecule has 2 aromatic rings. The summed E-state index contributed by atoms with van der Waals surface area (Å²) in [6.07, 6.45) is 2.77. The fraction of sp³-hybridized carbons (Fsp3) is 0.519. The van der Waals surface area contributed by atoms with Crippen molar-refractivity contribution in [3.8, 4) is 11.5 Å². The van der Waals surface area contributed by atoms with Crippen LogP contribution in [-0.2, 0) is 29.0 Å². The first kappa shape index (κ1) is 25.4. The third-order valence-electron chi connectivity index (χ3n) is 7.38. The highest BCUT2D eigenvalue weighted by atomic mass is 19.1. The molecule has 1 saturated heterocycles. The number of nitrogens with zero attached hydrogens (tertiary/aromatic N) is 2. The van der Waals surface area contributed by atoms with Crippen molar-refractivity contribution >= 4 is 5.97 Å². The number of rotatable bonds is 8. The summed E-state index contributed by atoms with van der Waals surface area (Å²) in [6.45, 7) is 3.33. The number of likely N-dealkylation sites (tertiary alicyclic amines) is 1. The summed E-state index contributed by atoms with van der Waals surface area (Å²) in [5.41, 5.74) is 2.58. The lowest BCUT2D eigenvalue weighted by Gasteiger charge is -2.45. The van der Waals surface area contributed by atoms with Crippen molar-refractivity contribution in [2.24, 2.45) is 5.92 Å². The standard InChI is InChI=1S/C27H34F2N2O4/c1-33-25-13-18-9-12-31(16-20(18)14-26(25)34-2)24-10-11-30(15-19(24)7-8-27(32)35-3)17-21-22(28)5-4-6-23(21)29/h4-6,13-14,19,24H,7-12,15-17H2,1-3H3/t19-,24+/m0/s1. The Labute approximate surface area is 205 Å². The molecule has 2 atom stereocenters. The Morgan fingerprint density at radius 2 is 1.71 bits per heavy atom. The van der Waals surface area contributed by atoms with Gasteiger partial charge in [-0.2, -0.15) is 0 Å². The number of carbonyl (C=O) groups is 1. The first-order valence-corrected chi connectivity index (χ1v) is 12.1. The smallest absolute Gasteiger partial charge is 0.305 e. The summed E-state index contributed by atoms with van der Waals surface area (Å²) in [4.78, 5) is 16.5. The van der Waals surface area contributed by atoms with Crippen LogP contribution in [0.2, 0.25) is 0 Å². The minimum atomic E-state index is -0.518. The van der Waals surface area contributed by atoms with Crippen molar-refractivity contribution in [2.45, 2.75) is 44.8 Å². The van der Waals surface area contributed by atoms with Crippen LogP contribution < -0.4 is 9.47 Å². The number of hydrogen-bond acceptors (Lipinski definition) is 6. The molecule has 0 aromatic heterocycles. The number of piperidine rings is 1. The van der Waals surface area contributed by atoms with Gasteiger partial charge in [-0.05, 0) is 60.6 Å². The minimum Gasteiger partial charge on any atom is -0.493 e. The molecule has 0 spiro atoms. The Balaban J connectivity index is 1.51. The summed E-state index contributed by atoms with van der Waals surface area (Å²) in [7, 11) is 4.69. The van der Waals surface area contributed by atoms with E-state index in [0.717, 1.165) is 44.0 Å². The maximum Gasteiger partial charge on any atom is 0.305 e. The van der Waals surface area contributed by atoms with Crippen molar-refractivity contribution in [1.29, 1.82) is 0 Å². The molecular formula is C27H34F2N2O4. The number of benzene rings is 2. The predicted octanol–water partition coefficient (Wildman–Crippen LogP) is 4.18. The molecule has 2 aliphatic heterocycles. The maximum atomic E-state index is 14.3. The number of ether oxygens (including phenoxy) is 3. The Morgan fingerprint density at radius 1 is 1.03 bits per heavy atom. The summed E-state index contributed by atoms with van der Waals surface area (Å²) in [6, 6.07) is 8.37. The van der Waals surface area contributed by atoms with Crippen molar-refractivity contribution < 1.29 is 27.8 Å². The molecule has 0 N–H and O–H groups in total. The first-order valence-electron chi connectivity index (χ1n) is 12.1. The summed E-state index contributed by atoms with van der Waals surface area (Å²) in [5.74, 6) is 0.369. The number of esters is 1. The van der Waals surface area contributed by atoms with E-state index in [1.807, 2.05) is 0 Å². The van der Waals surface area contributed by atoms with Crippen molar-refractivity contribution in [3.63, 3.8) is 0 Å². The largest absolute Gasteiger partial charge is 0.493 e. The van der Waals surface area contributed by atoms with Gasteiger partial charge in [-0.25, -0.2) is 8.78 Å². The molecule has 190 valence electrons. The number of carbonyl (C=O) groups excluding carboxylic acids is 1. The molecule has 4 rings (SSSR count). The minimum absolute atomic E-state index is 0.102. The Hall–Kier alpha value is -2.71. The highest BCUT2D eigenvalue weighted by molar-refractivity contribution is 5.69. The first-order chi connectivity index (χ1) is 16.9. The van der Waals surface area contributed by atoms with Gasteiger partial charge in [-0.15, -0.1) is 0 Å². The molecule has 2 aromatic carbocycles. The molecular weight excluding hydrogens is 454 g/mol.